The molecule has 0 bridgehead atoms. The van der Waals surface area contributed by atoms with Gasteiger partial charge < -0.3 is 20.1 Å². The first-order valence-electron chi connectivity index (χ1n) is 5.87. The number of hydrogen-bond donors (Lipinski definition) is 2. The summed E-state index contributed by atoms with van der Waals surface area (Å²) < 4.78 is 5.08. The molecular weight excluding hydrogens is 224 g/mol. The topological polar surface area (TPSA) is 78.9 Å². The minimum atomic E-state index is -1.02. The molecular formula is C11H18N2O4. The van der Waals surface area contributed by atoms with Crippen molar-refractivity contribution in [3.8, 4) is 0 Å². The van der Waals surface area contributed by atoms with E-state index in [2.05, 4.69) is 12.2 Å². The van der Waals surface area contributed by atoms with Crippen molar-refractivity contribution >= 4 is 12.0 Å². The van der Waals surface area contributed by atoms with E-state index in [1.54, 1.807) is 0 Å². The quantitative estimate of drug-likeness (QED) is 0.745. The van der Waals surface area contributed by atoms with E-state index in [0.717, 1.165) is 12.8 Å². The van der Waals surface area contributed by atoms with Gasteiger partial charge in [-0.2, -0.15) is 0 Å². The Hall–Kier alpha value is -1.30. The van der Waals surface area contributed by atoms with E-state index in [0.29, 0.717) is 19.7 Å². The monoisotopic (exact) mass is 242 g/mol. The number of urea groups is 1. The van der Waals surface area contributed by atoms with Crippen molar-refractivity contribution < 1.29 is 19.4 Å². The van der Waals surface area contributed by atoms with Crippen LogP contribution in [-0.2, 0) is 9.53 Å². The van der Waals surface area contributed by atoms with E-state index < -0.39 is 12.0 Å². The third-order valence-electron chi connectivity index (χ3n) is 3.44. The van der Waals surface area contributed by atoms with E-state index in [-0.39, 0.29) is 18.1 Å². The Bertz CT molecular complexity index is 327. The molecule has 2 fully saturated rings. The second-order valence-electron chi connectivity index (χ2n) is 5.09. The Balaban J connectivity index is 1.89. The highest BCUT2D eigenvalue weighted by Gasteiger charge is 2.39. The number of nitrogens with one attached hydrogen (secondary N) is 1. The van der Waals surface area contributed by atoms with Gasteiger partial charge in [-0.1, -0.05) is 6.92 Å². The third-order valence-corrected chi connectivity index (χ3v) is 3.44. The molecule has 17 heavy (non-hydrogen) atoms. The maximum absolute atomic E-state index is 11.9. The fourth-order valence-electron chi connectivity index (χ4n) is 1.83. The number of carbonyl (C=O) groups is 2. The minimum Gasteiger partial charge on any atom is -0.480 e. The summed E-state index contributed by atoms with van der Waals surface area (Å²) >= 11 is 0. The summed E-state index contributed by atoms with van der Waals surface area (Å²) in [5.74, 6) is -1.02. The summed E-state index contributed by atoms with van der Waals surface area (Å²) in [6, 6.07) is -1.16. The van der Waals surface area contributed by atoms with Gasteiger partial charge in [-0.05, 0) is 18.3 Å². The van der Waals surface area contributed by atoms with Gasteiger partial charge in [0, 0.05) is 13.1 Å². The molecule has 1 unspecified atom stereocenters. The Morgan fingerprint density at radius 2 is 2.24 bits per heavy atom. The molecule has 1 saturated carbocycles. The van der Waals surface area contributed by atoms with Crippen LogP contribution >= 0.6 is 0 Å². The Kier molecular flexibility index (Phi) is 3.24. The number of morpholine rings is 1. The predicted octanol–water partition coefficient (Wildman–Crippen LogP) is 0.281. The molecule has 1 saturated heterocycles. The molecule has 0 spiro atoms. The third kappa shape index (κ3) is 2.88. The molecule has 2 N–H and O–H groups in total. The molecule has 6 heteroatoms. The number of carboxylic acid groups (broad SMARTS) is 1. The van der Waals surface area contributed by atoms with Gasteiger partial charge in [-0.3, -0.25) is 0 Å². The molecule has 2 amide bonds. The highest BCUT2D eigenvalue weighted by molar-refractivity contribution is 5.83. The molecule has 2 rings (SSSR count). The number of aliphatic carboxylic acids is 1. The summed E-state index contributed by atoms with van der Waals surface area (Å²) in [5, 5.41) is 11.8. The first-order valence-corrected chi connectivity index (χ1v) is 5.87. The zero-order valence-corrected chi connectivity index (χ0v) is 9.94. The number of rotatable bonds is 3. The van der Waals surface area contributed by atoms with Crippen LogP contribution in [0.25, 0.3) is 0 Å². The molecule has 6 nitrogen and oxygen atoms in total. The van der Waals surface area contributed by atoms with E-state index in [1.165, 1.54) is 4.90 Å². The second kappa shape index (κ2) is 4.52. The average Bonchev–Trinajstić information content (AvgIpc) is 3.05. The second-order valence-corrected chi connectivity index (χ2v) is 5.09. The summed E-state index contributed by atoms with van der Waals surface area (Å²) in [6.45, 7) is 3.53. The number of ether oxygens (including phenoxy) is 1. The number of amides is 2. The van der Waals surface area contributed by atoms with Gasteiger partial charge in [0.25, 0.3) is 0 Å². The molecule has 0 aromatic heterocycles. The lowest BCUT2D eigenvalue weighted by Crippen LogP contribution is -2.56. The van der Waals surface area contributed by atoms with Gasteiger partial charge in [0.15, 0.2) is 6.04 Å². The Morgan fingerprint density at radius 1 is 1.53 bits per heavy atom. The number of carboxylic acids is 1. The lowest BCUT2D eigenvalue weighted by molar-refractivity contribution is -0.147. The van der Waals surface area contributed by atoms with Crippen molar-refractivity contribution in [1.82, 2.24) is 10.2 Å². The summed E-state index contributed by atoms with van der Waals surface area (Å²) in [4.78, 5) is 24.2. The number of carbonyl (C=O) groups excluding carboxylic acids is 1. The van der Waals surface area contributed by atoms with Crippen molar-refractivity contribution in [2.75, 3.05) is 26.3 Å². The van der Waals surface area contributed by atoms with E-state index in [4.69, 9.17) is 9.84 Å². The smallest absolute Gasteiger partial charge is 0.328 e. The van der Waals surface area contributed by atoms with Crippen LogP contribution in [0, 0.1) is 5.41 Å². The van der Waals surface area contributed by atoms with Gasteiger partial charge in [0.1, 0.15) is 0 Å². The molecule has 1 aliphatic heterocycles. The van der Waals surface area contributed by atoms with Crippen LogP contribution in [0.4, 0.5) is 4.79 Å². The Labute approximate surface area is 99.9 Å². The molecule has 96 valence electrons. The molecule has 0 aromatic carbocycles. The summed E-state index contributed by atoms with van der Waals surface area (Å²) in [6.07, 6.45) is 2.25. The van der Waals surface area contributed by atoms with E-state index >= 15 is 0 Å². The fraction of sp³-hybridized carbons (Fsp3) is 0.818. The fourth-order valence-corrected chi connectivity index (χ4v) is 1.83. The maximum atomic E-state index is 11.9. The highest BCUT2D eigenvalue weighted by Crippen LogP contribution is 2.44. The van der Waals surface area contributed by atoms with Crippen LogP contribution in [0.3, 0.4) is 0 Å². The first kappa shape index (κ1) is 12.2. The van der Waals surface area contributed by atoms with Crippen LogP contribution in [0.5, 0.6) is 0 Å². The molecule has 1 atom stereocenters. The average molecular weight is 242 g/mol. The minimum absolute atomic E-state index is 0.0695. The van der Waals surface area contributed by atoms with Crippen molar-refractivity contribution in [3.63, 3.8) is 0 Å². The summed E-state index contributed by atoms with van der Waals surface area (Å²) in [5.41, 5.74) is 0.223. The van der Waals surface area contributed by atoms with Gasteiger partial charge in [-0.15, -0.1) is 0 Å². The normalized spacial score (nSPS) is 26.4. The van der Waals surface area contributed by atoms with Gasteiger partial charge in [0.05, 0.1) is 13.2 Å². The lowest BCUT2D eigenvalue weighted by Gasteiger charge is -2.33. The molecule has 0 aromatic rings. The van der Waals surface area contributed by atoms with Gasteiger partial charge in [0.2, 0.25) is 0 Å². The van der Waals surface area contributed by atoms with Crippen LogP contribution in [0.15, 0.2) is 0 Å². The van der Waals surface area contributed by atoms with Gasteiger partial charge in [-0.25, -0.2) is 9.59 Å². The molecule has 1 heterocycles. The molecule has 0 radical (unpaired) electrons. The number of nitrogens with zero attached hydrogens (tertiary/aromatic N) is 1. The Morgan fingerprint density at radius 3 is 2.82 bits per heavy atom. The zero-order valence-electron chi connectivity index (χ0n) is 9.94. The van der Waals surface area contributed by atoms with Crippen molar-refractivity contribution in [2.24, 2.45) is 5.41 Å². The zero-order chi connectivity index (χ0) is 12.5. The first-order chi connectivity index (χ1) is 8.02. The highest BCUT2D eigenvalue weighted by atomic mass is 16.5. The van der Waals surface area contributed by atoms with Crippen molar-refractivity contribution in [3.05, 3.63) is 0 Å². The van der Waals surface area contributed by atoms with Crippen LogP contribution in [-0.4, -0.2) is 54.4 Å². The maximum Gasteiger partial charge on any atom is 0.328 e. The van der Waals surface area contributed by atoms with Crippen LogP contribution in [0.2, 0.25) is 0 Å². The molecule has 2 aliphatic rings. The lowest BCUT2D eigenvalue weighted by atomic mass is 10.1. The van der Waals surface area contributed by atoms with Crippen molar-refractivity contribution in [1.29, 1.82) is 0 Å². The van der Waals surface area contributed by atoms with E-state index in [9.17, 15) is 9.59 Å². The number of hydrogen-bond acceptors (Lipinski definition) is 3. The van der Waals surface area contributed by atoms with Crippen LogP contribution < -0.4 is 5.32 Å². The van der Waals surface area contributed by atoms with E-state index in [1.807, 2.05) is 0 Å². The predicted molar refractivity (Wildman–Crippen MR) is 59.7 cm³/mol. The largest absolute Gasteiger partial charge is 0.480 e. The molecule has 1 aliphatic carbocycles. The van der Waals surface area contributed by atoms with Crippen LogP contribution in [0.1, 0.15) is 19.8 Å². The summed E-state index contributed by atoms with van der Waals surface area (Å²) in [7, 11) is 0. The van der Waals surface area contributed by atoms with Crippen molar-refractivity contribution in [2.45, 2.75) is 25.8 Å². The van der Waals surface area contributed by atoms with Gasteiger partial charge >= 0.3 is 12.0 Å². The standard InChI is InChI=1S/C11H18N2O4/c1-11(2-3-11)7-12-10(16)13-4-5-17-6-8(13)9(14)15/h8H,2-7H2,1H3,(H,12,16)(H,14,15). The SMILES string of the molecule is CC1(CNC(=O)N2CCOCC2C(=O)O)CC1.